The van der Waals surface area contributed by atoms with E-state index in [2.05, 4.69) is 19.1 Å². The van der Waals surface area contributed by atoms with E-state index in [0.29, 0.717) is 0 Å². The lowest BCUT2D eigenvalue weighted by atomic mass is 10.1. The minimum atomic E-state index is 0.176. The van der Waals surface area contributed by atoms with Gasteiger partial charge in [-0.1, -0.05) is 48.3 Å². The van der Waals surface area contributed by atoms with Crippen molar-refractivity contribution in [3.8, 4) is 0 Å². The Morgan fingerprint density at radius 2 is 1.81 bits per heavy atom. The molecule has 21 heavy (non-hydrogen) atoms. The van der Waals surface area contributed by atoms with Gasteiger partial charge in [-0.15, -0.1) is 11.8 Å². The third kappa shape index (κ3) is 5.23. The molecule has 2 aromatic rings. The van der Waals surface area contributed by atoms with E-state index in [0.717, 1.165) is 34.2 Å². The van der Waals surface area contributed by atoms with Gasteiger partial charge in [-0.25, -0.2) is 0 Å². The second-order valence-corrected chi connectivity index (χ2v) is 6.93. The first kappa shape index (κ1) is 16.7. The van der Waals surface area contributed by atoms with E-state index in [1.54, 1.807) is 11.8 Å². The second-order valence-electron chi connectivity index (χ2n) is 5.04. The fourth-order valence-electron chi connectivity index (χ4n) is 1.96. The molecular weight excluding hydrogens is 321 g/mol. The normalized spacial score (nSPS) is 12.4. The summed E-state index contributed by atoms with van der Waals surface area (Å²) < 4.78 is 0. The van der Waals surface area contributed by atoms with Gasteiger partial charge in [-0.2, -0.15) is 0 Å². The van der Waals surface area contributed by atoms with Crippen LogP contribution in [0.3, 0.4) is 0 Å². The number of halogens is 2. The molecule has 1 unspecified atom stereocenters. The smallest absolute Gasteiger partial charge is 0.0449 e. The van der Waals surface area contributed by atoms with E-state index < -0.39 is 0 Å². The van der Waals surface area contributed by atoms with E-state index in [4.69, 9.17) is 28.9 Å². The molecule has 0 amide bonds. The molecule has 2 rings (SSSR count). The first-order chi connectivity index (χ1) is 10.1. The van der Waals surface area contributed by atoms with Gasteiger partial charge in [0.1, 0.15) is 0 Å². The molecule has 0 aliphatic carbocycles. The standard InChI is InChI=1S/C17H19Cl2NS/c1-2-15(20)9-13-5-8-16(10-17(13)19)21-11-12-3-6-14(18)7-4-12/h3-8,10,15H,2,9,11,20H2,1H3. The van der Waals surface area contributed by atoms with E-state index in [1.807, 2.05) is 30.3 Å². The van der Waals surface area contributed by atoms with Crippen LogP contribution in [0.1, 0.15) is 24.5 Å². The minimum Gasteiger partial charge on any atom is -0.327 e. The highest BCUT2D eigenvalue weighted by Gasteiger charge is 2.07. The summed E-state index contributed by atoms with van der Waals surface area (Å²) in [6.45, 7) is 2.09. The van der Waals surface area contributed by atoms with Crippen molar-refractivity contribution in [1.29, 1.82) is 0 Å². The molecule has 1 nitrogen and oxygen atoms in total. The van der Waals surface area contributed by atoms with Gasteiger partial charge in [0.05, 0.1) is 0 Å². The third-order valence-corrected chi connectivity index (χ3v) is 5.02. The molecule has 112 valence electrons. The Morgan fingerprint density at radius 3 is 2.43 bits per heavy atom. The summed E-state index contributed by atoms with van der Waals surface area (Å²) in [6.07, 6.45) is 1.79. The van der Waals surface area contributed by atoms with Crippen LogP contribution in [0.4, 0.5) is 0 Å². The molecule has 1 atom stereocenters. The van der Waals surface area contributed by atoms with Gasteiger partial charge in [0.25, 0.3) is 0 Å². The lowest BCUT2D eigenvalue weighted by molar-refractivity contribution is 0.646. The quantitative estimate of drug-likeness (QED) is 0.696. The average Bonchev–Trinajstić information content (AvgIpc) is 2.49. The highest BCUT2D eigenvalue weighted by Crippen LogP contribution is 2.28. The lowest BCUT2D eigenvalue weighted by Gasteiger charge is -2.11. The fraction of sp³-hybridized carbons (Fsp3) is 0.294. The molecule has 0 aliphatic heterocycles. The van der Waals surface area contributed by atoms with E-state index in [9.17, 15) is 0 Å². The van der Waals surface area contributed by atoms with E-state index in [1.165, 1.54) is 10.5 Å². The monoisotopic (exact) mass is 339 g/mol. The van der Waals surface area contributed by atoms with Crippen molar-refractivity contribution < 1.29 is 0 Å². The van der Waals surface area contributed by atoms with Crippen LogP contribution >= 0.6 is 35.0 Å². The molecule has 0 heterocycles. The lowest BCUT2D eigenvalue weighted by Crippen LogP contribution is -2.21. The average molecular weight is 340 g/mol. The Hall–Kier alpha value is -0.670. The zero-order chi connectivity index (χ0) is 15.2. The minimum absolute atomic E-state index is 0.176. The summed E-state index contributed by atoms with van der Waals surface area (Å²) in [4.78, 5) is 1.17. The molecule has 0 aliphatic rings. The summed E-state index contributed by atoms with van der Waals surface area (Å²) in [7, 11) is 0. The van der Waals surface area contributed by atoms with E-state index in [-0.39, 0.29) is 6.04 Å². The molecule has 2 aromatic carbocycles. The maximum Gasteiger partial charge on any atom is 0.0449 e. The van der Waals surface area contributed by atoms with Crippen LogP contribution < -0.4 is 5.73 Å². The Balaban J connectivity index is 1.98. The Labute approximate surface area is 140 Å². The third-order valence-electron chi connectivity index (χ3n) is 3.35. The zero-order valence-electron chi connectivity index (χ0n) is 12.0. The van der Waals surface area contributed by atoms with Gasteiger partial charge in [-0.3, -0.25) is 0 Å². The highest BCUT2D eigenvalue weighted by molar-refractivity contribution is 7.98. The van der Waals surface area contributed by atoms with Crippen molar-refractivity contribution in [2.45, 2.75) is 36.5 Å². The number of thioether (sulfide) groups is 1. The van der Waals surface area contributed by atoms with Crippen LogP contribution in [-0.4, -0.2) is 6.04 Å². The molecule has 0 radical (unpaired) electrons. The van der Waals surface area contributed by atoms with Crippen molar-refractivity contribution in [2.75, 3.05) is 0 Å². The Bertz CT molecular complexity index is 584. The molecule has 0 saturated carbocycles. The number of benzene rings is 2. The van der Waals surface area contributed by atoms with Crippen LogP contribution in [-0.2, 0) is 12.2 Å². The van der Waals surface area contributed by atoms with Gasteiger partial charge >= 0.3 is 0 Å². The predicted molar refractivity (Wildman–Crippen MR) is 94.4 cm³/mol. The topological polar surface area (TPSA) is 26.0 Å². The van der Waals surface area contributed by atoms with Crippen LogP contribution in [0.15, 0.2) is 47.4 Å². The van der Waals surface area contributed by atoms with Crippen molar-refractivity contribution in [1.82, 2.24) is 0 Å². The van der Waals surface area contributed by atoms with Crippen molar-refractivity contribution in [3.05, 3.63) is 63.6 Å². The Morgan fingerprint density at radius 1 is 1.10 bits per heavy atom. The van der Waals surface area contributed by atoms with Crippen LogP contribution in [0.5, 0.6) is 0 Å². The predicted octanol–water partition coefficient (Wildman–Crippen LogP) is 5.57. The zero-order valence-corrected chi connectivity index (χ0v) is 14.3. The molecule has 4 heteroatoms. The second kappa shape index (κ2) is 8.09. The molecule has 0 spiro atoms. The van der Waals surface area contributed by atoms with Gasteiger partial charge in [0.2, 0.25) is 0 Å². The highest BCUT2D eigenvalue weighted by atomic mass is 35.5. The summed E-state index contributed by atoms with van der Waals surface area (Å²) in [5.41, 5.74) is 8.36. The molecule has 2 N–H and O–H groups in total. The number of rotatable bonds is 6. The summed E-state index contributed by atoms with van der Waals surface area (Å²) in [6, 6.07) is 14.3. The number of hydrogen-bond acceptors (Lipinski definition) is 2. The largest absolute Gasteiger partial charge is 0.327 e. The van der Waals surface area contributed by atoms with Crippen LogP contribution in [0.25, 0.3) is 0 Å². The number of nitrogens with two attached hydrogens (primary N) is 1. The van der Waals surface area contributed by atoms with Gasteiger partial charge in [0, 0.05) is 26.7 Å². The number of hydrogen-bond donors (Lipinski definition) is 1. The Kier molecular flexibility index (Phi) is 6.43. The van der Waals surface area contributed by atoms with Gasteiger partial charge in [0.15, 0.2) is 0 Å². The molecular formula is C17H19Cl2NS. The molecule has 0 aromatic heterocycles. The van der Waals surface area contributed by atoms with Crippen molar-refractivity contribution in [3.63, 3.8) is 0 Å². The summed E-state index contributed by atoms with van der Waals surface area (Å²) >= 11 is 14.0. The van der Waals surface area contributed by atoms with E-state index >= 15 is 0 Å². The maximum absolute atomic E-state index is 6.35. The van der Waals surface area contributed by atoms with Crippen molar-refractivity contribution in [2.24, 2.45) is 5.73 Å². The maximum atomic E-state index is 6.35. The fourth-order valence-corrected chi connectivity index (χ4v) is 3.30. The van der Waals surface area contributed by atoms with Crippen LogP contribution in [0.2, 0.25) is 10.0 Å². The first-order valence-electron chi connectivity index (χ1n) is 6.99. The molecule has 0 saturated heterocycles. The SMILES string of the molecule is CCC(N)Cc1ccc(SCc2ccc(Cl)cc2)cc1Cl. The first-order valence-corrected chi connectivity index (χ1v) is 8.74. The van der Waals surface area contributed by atoms with Crippen LogP contribution in [0, 0.1) is 0 Å². The van der Waals surface area contributed by atoms with Gasteiger partial charge in [-0.05, 0) is 48.2 Å². The van der Waals surface area contributed by atoms with Gasteiger partial charge < -0.3 is 5.73 Å². The van der Waals surface area contributed by atoms with Crippen molar-refractivity contribution >= 4 is 35.0 Å². The summed E-state index contributed by atoms with van der Waals surface area (Å²) in [5, 5.41) is 1.57. The summed E-state index contributed by atoms with van der Waals surface area (Å²) in [5.74, 6) is 0.904. The molecule has 0 bridgehead atoms. The molecule has 0 fully saturated rings.